The van der Waals surface area contributed by atoms with Crippen LogP contribution in [-0.2, 0) is 20.4 Å². The van der Waals surface area contributed by atoms with Crippen molar-refractivity contribution in [1.29, 1.82) is 0 Å². The third kappa shape index (κ3) is 4.61. The highest BCUT2D eigenvalue weighted by Crippen LogP contribution is 2.12. The van der Waals surface area contributed by atoms with Crippen LogP contribution < -0.4 is 0 Å². The van der Waals surface area contributed by atoms with E-state index in [1.54, 1.807) is 13.8 Å². The quantitative estimate of drug-likeness (QED) is 0.622. The predicted molar refractivity (Wildman–Crippen MR) is 73.6 cm³/mol. The third-order valence-corrected chi connectivity index (χ3v) is 3.14. The fourth-order valence-corrected chi connectivity index (χ4v) is 2.28. The molecule has 1 heterocycles. The summed E-state index contributed by atoms with van der Waals surface area (Å²) >= 11 is 0. The van der Waals surface area contributed by atoms with Crippen molar-refractivity contribution in [2.75, 3.05) is 12.9 Å². The molecule has 0 unspecified atom stereocenters. The molecular weight excluding hydrogens is 284 g/mol. The minimum atomic E-state index is -3.34. The Hall–Kier alpha value is -1.96. The van der Waals surface area contributed by atoms with E-state index < -0.39 is 15.8 Å². The van der Waals surface area contributed by atoms with Crippen LogP contribution in [0.3, 0.4) is 0 Å². The van der Waals surface area contributed by atoms with Crippen LogP contribution in [0.2, 0.25) is 0 Å². The smallest absolute Gasteiger partial charge is 0.354 e. The molecule has 1 aromatic rings. The van der Waals surface area contributed by atoms with E-state index >= 15 is 0 Å². The van der Waals surface area contributed by atoms with Gasteiger partial charge in [0.2, 0.25) is 0 Å². The Morgan fingerprint density at radius 2 is 2.10 bits per heavy atom. The molecule has 0 saturated carbocycles. The van der Waals surface area contributed by atoms with Crippen LogP contribution >= 0.6 is 0 Å². The van der Waals surface area contributed by atoms with Gasteiger partial charge >= 0.3 is 5.97 Å². The van der Waals surface area contributed by atoms with Gasteiger partial charge in [-0.15, -0.1) is 0 Å². The monoisotopic (exact) mass is 300 g/mol. The number of rotatable bonds is 6. The Morgan fingerprint density at radius 1 is 1.45 bits per heavy atom. The van der Waals surface area contributed by atoms with Gasteiger partial charge in [-0.05, 0) is 19.9 Å². The molecule has 0 fully saturated rings. The van der Waals surface area contributed by atoms with Gasteiger partial charge in [0, 0.05) is 11.8 Å². The fraction of sp³-hybridized carbons (Fsp3) is 0.417. The SMILES string of the molecule is CCO/N=C(\C)c1ccc(CS(C)(=O)=O)c(C(=O)O)n1. The lowest BCUT2D eigenvalue weighted by molar-refractivity contribution is 0.0689. The number of carbonyl (C=O) groups is 1. The molecule has 0 saturated heterocycles. The number of oxime groups is 1. The Labute approximate surface area is 117 Å². The molecule has 0 aliphatic carbocycles. The highest BCUT2D eigenvalue weighted by atomic mass is 32.2. The highest BCUT2D eigenvalue weighted by Gasteiger charge is 2.17. The van der Waals surface area contributed by atoms with Crippen LogP contribution in [0.1, 0.15) is 35.6 Å². The maximum Gasteiger partial charge on any atom is 0.354 e. The number of aromatic nitrogens is 1. The third-order valence-electron chi connectivity index (χ3n) is 2.30. The molecule has 0 aliphatic rings. The second-order valence-electron chi connectivity index (χ2n) is 4.17. The second kappa shape index (κ2) is 6.47. The van der Waals surface area contributed by atoms with Crippen LogP contribution in [0.4, 0.5) is 0 Å². The van der Waals surface area contributed by atoms with Gasteiger partial charge in [0.05, 0.1) is 11.4 Å². The topological polar surface area (TPSA) is 106 Å². The second-order valence-corrected chi connectivity index (χ2v) is 6.31. The molecule has 0 bridgehead atoms. The van der Waals surface area contributed by atoms with Gasteiger partial charge in [0.15, 0.2) is 15.5 Å². The van der Waals surface area contributed by atoms with E-state index in [0.717, 1.165) is 6.26 Å². The summed E-state index contributed by atoms with van der Waals surface area (Å²) in [6.45, 7) is 3.78. The van der Waals surface area contributed by atoms with Gasteiger partial charge in [-0.2, -0.15) is 0 Å². The molecular formula is C12H16N2O5S. The maximum absolute atomic E-state index is 11.3. The summed E-state index contributed by atoms with van der Waals surface area (Å²) in [6, 6.07) is 2.95. The van der Waals surface area contributed by atoms with Crippen LogP contribution in [0, 0.1) is 0 Å². The average molecular weight is 300 g/mol. The summed E-state index contributed by atoms with van der Waals surface area (Å²) in [7, 11) is -3.34. The number of carboxylic acids is 1. The van der Waals surface area contributed by atoms with Crippen molar-refractivity contribution in [1.82, 2.24) is 4.98 Å². The van der Waals surface area contributed by atoms with E-state index in [1.165, 1.54) is 12.1 Å². The van der Waals surface area contributed by atoms with E-state index in [2.05, 4.69) is 10.1 Å². The summed E-state index contributed by atoms with van der Waals surface area (Å²) in [5, 5.41) is 12.9. The first-order chi connectivity index (χ1) is 9.24. The van der Waals surface area contributed by atoms with Crippen LogP contribution in [-0.4, -0.2) is 43.1 Å². The number of pyridine rings is 1. The Morgan fingerprint density at radius 3 is 2.60 bits per heavy atom. The van der Waals surface area contributed by atoms with Gasteiger partial charge in [-0.1, -0.05) is 11.2 Å². The number of hydrogen-bond acceptors (Lipinski definition) is 6. The van der Waals surface area contributed by atoms with Crippen molar-refractivity contribution in [3.05, 3.63) is 29.1 Å². The van der Waals surface area contributed by atoms with Gasteiger partial charge in [0.1, 0.15) is 12.3 Å². The molecule has 8 heteroatoms. The first-order valence-corrected chi connectivity index (χ1v) is 7.88. The first kappa shape index (κ1) is 16.1. The molecule has 0 aliphatic heterocycles. The average Bonchev–Trinajstić information content (AvgIpc) is 2.34. The molecule has 110 valence electrons. The van der Waals surface area contributed by atoms with Crippen molar-refractivity contribution >= 4 is 21.5 Å². The summed E-state index contributed by atoms with van der Waals surface area (Å²) in [6.07, 6.45) is 1.04. The van der Waals surface area contributed by atoms with Crippen LogP contribution in [0.15, 0.2) is 17.3 Å². The normalized spacial score (nSPS) is 12.2. The molecule has 1 rings (SSSR count). The van der Waals surface area contributed by atoms with Gasteiger partial charge in [-0.25, -0.2) is 18.2 Å². The predicted octanol–water partition coefficient (Wildman–Crippen LogP) is 1.08. The van der Waals surface area contributed by atoms with Crippen molar-refractivity contribution in [3.63, 3.8) is 0 Å². The highest BCUT2D eigenvalue weighted by molar-refractivity contribution is 7.89. The van der Waals surface area contributed by atoms with E-state index in [4.69, 9.17) is 9.94 Å². The van der Waals surface area contributed by atoms with Crippen LogP contribution in [0.5, 0.6) is 0 Å². The van der Waals surface area contributed by atoms with Crippen molar-refractivity contribution in [2.45, 2.75) is 19.6 Å². The minimum absolute atomic E-state index is 0.146. The number of hydrogen-bond donors (Lipinski definition) is 1. The summed E-state index contributed by atoms with van der Waals surface area (Å²) in [4.78, 5) is 20.0. The molecule has 7 nitrogen and oxygen atoms in total. The van der Waals surface area contributed by atoms with Crippen molar-refractivity contribution in [2.24, 2.45) is 5.16 Å². The zero-order chi connectivity index (χ0) is 15.3. The Kier molecular flexibility index (Phi) is 5.20. The Bertz CT molecular complexity index is 637. The number of sulfone groups is 1. The number of nitrogens with zero attached hydrogens (tertiary/aromatic N) is 2. The van der Waals surface area contributed by atoms with Crippen molar-refractivity contribution in [3.8, 4) is 0 Å². The lowest BCUT2D eigenvalue weighted by Crippen LogP contribution is -2.13. The zero-order valence-electron chi connectivity index (χ0n) is 11.5. The molecule has 0 spiro atoms. The fourth-order valence-electron chi connectivity index (χ4n) is 1.48. The maximum atomic E-state index is 11.3. The molecule has 0 amide bonds. The first-order valence-electron chi connectivity index (χ1n) is 5.82. The summed E-state index contributed by atoms with van der Waals surface area (Å²) in [5.74, 6) is -1.65. The molecule has 0 atom stereocenters. The molecule has 20 heavy (non-hydrogen) atoms. The number of carboxylic acid groups (broad SMARTS) is 1. The molecule has 0 radical (unpaired) electrons. The molecule has 1 N–H and O–H groups in total. The largest absolute Gasteiger partial charge is 0.477 e. The van der Waals surface area contributed by atoms with Gasteiger partial charge in [0.25, 0.3) is 0 Å². The standard InChI is InChI=1S/C12H16N2O5S/c1-4-19-14-8(2)10-6-5-9(7-20(3,17)18)11(13-10)12(15)16/h5-6H,4,7H2,1-3H3,(H,15,16)/b14-8+. The molecule has 0 aromatic carbocycles. The van der Waals surface area contributed by atoms with E-state index in [-0.39, 0.29) is 17.0 Å². The lowest BCUT2D eigenvalue weighted by atomic mass is 10.1. The van der Waals surface area contributed by atoms with E-state index in [1.807, 2.05) is 0 Å². The van der Waals surface area contributed by atoms with Gasteiger partial charge in [-0.3, -0.25) is 0 Å². The van der Waals surface area contributed by atoms with E-state index in [9.17, 15) is 13.2 Å². The molecule has 1 aromatic heterocycles. The summed E-state index contributed by atoms with van der Waals surface area (Å²) in [5.41, 5.74) is 0.597. The minimum Gasteiger partial charge on any atom is -0.477 e. The summed E-state index contributed by atoms with van der Waals surface area (Å²) < 4.78 is 22.5. The van der Waals surface area contributed by atoms with E-state index in [0.29, 0.717) is 18.0 Å². The van der Waals surface area contributed by atoms with Crippen LogP contribution in [0.25, 0.3) is 0 Å². The van der Waals surface area contributed by atoms with Crippen molar-refractivity contribution < 1.29 is 23.2 Å². The van der Waals surface area contributed by atoms with Gasteiger partial charge < -0.3 is 9.94 Å². The Balaban J connectivity index is 3.23. The lowest BCUT2D eigenvalue weighted by Gasteiger charge is -2.07. The number of aromatic carboxylic acids is 1. The zero-order valence-corrected chi connectivity index (χ0v) is 12.3.